The Morgan fingerprint density at radius 2 is 1.11 bits per heavy atom. The van der Waals surface area contributed by atoms with Crippen LogP contribution in [-0.4, -0.2) is 92.1 Å². The third-order valence-corrected chi connectivity index (χ3v) is 8.96. The van der Waals surface area contributed by atoms with Gasteiger partial charge in [-0.2, -0.15) is 0 Å². The summed E-state index contributed by atoms with van der Waals surface area (Å²) in [5.74, 6) is -0.284. The number of rotatable bonds is 0. The van der Waals surface area contributed by atoms with Gasteiger partial charge in [-0.3, -0.25) is 4.79 Å². The van der Waals surface area contributed by atoms with Crippen molar-refractivity contribution in [2.75, 3.05) is 46.2 Å². The van der Waals surface area contributed by atoms with Crippen LogP contribution in [0.15, 0.2) is 0 Å². The third kappa shape index (κ3) is 7.51. The van der Waals surface area contributed by atoms with Crippen molar-refractivity contribution in [1.82, 2.24) is 10.6 Å². The molecule has 4 spiro atoms. The Bertz CT molecular complexity index is 645. The molecule has 8 nitrogen and oxygen atoms in total. The Morgan fingerprint density at radius 3 is 1.47 bits per heavy atom. The normalized spacial score (nSPS) is 30.2. The monoisotopic (exact) mass is 518 g/mol. The predicted octanol–water partition coefficient (Wildman–Crippen LogP) is -0.893. The summed E-state index contributed by atoms with van der Waals surface area (Å²) in [5, 5.41) is 6.79. The standard InChI is InChI=1S/C11H17NO3.C11H19NO2.C4H8O.Al.Li.4H/c13-9-1-2-10(12-9)3-5-11(6-4-10)14-7-8-15-11;1-2-10(12-7-1)3-5-11(6-4-10)13-8-9-14-11;1-2-4-5-3-1;;;;;;/h1-8H2,(H,12,13);12H,1-9H2;1-4H2;;;;;;/q;;;;+1;;;;-1. The molecular weight excluding hydrogens is 470 g/mol. The second-order valence-electron chi connectivity index (χ2n) is 11.2. The van der Waals surface area contributed by atoms with Crippen molar-refractivity contribution in [3.05, 3.63) is 0 Å². The third-order valence-electron chi connectivity index (χ3n) is 8.96. The van der Waals surface area contributed by atoms with E-state index >= 15 is 0 Å². The largest absolute Gasteiger partial charge is 1.00 e. The van der Waals surface area contributed by atoms with E-state index in [1.807, 2.05) is 0 Å². The van der Waals surface area contributed by atoms with Gasteiger partial charge in [0.2, 0.25) is 5.91 Å². The minimum atomic E-state index is -0.307. The number of hydrogen-bond acceptors (Lipinski definition) is 7. The molecule has 7 aliphatic rings. The Hall–Kier alpha value is 0.360. The molecule has 0 aromatic heterocycles. The fourth-order valence-electron chi connectivity index (χ4n) is 6.74. The van der Waals surface area contributed by atoms with Crippen molar-refractivity contribution in [1.29, 1.82) is 0 Å². The van der Waals surface area contributed by atoms with Gasteiger partial charge in [-0.1, -0.05) is 0 Å². The summed E-state index contributed by atoms with van der Waals surface area (Å²) in [6.07, 6.45) is 15.4. The second-order valence-corrected chi connectivity index (χ2v) is 11.2. The summed E-state index contributed by atoms with van der Waals surface area (Å²) in [5.41, 5.74) is 0.512. The van der Waals surface area contributed by atoms with Crippen LogP contribution in [0.4, 0.5) is 0 Å². The molecule has 2 N–H and O–H groups in total. The van der Waals surface area contributed by atoms with E-state index in [9.17, 15) is 4.79 Å². The fourth-order valence-corrected chi connectivity index (χ4v) is 6.74. The quantitative estimate of drug-likeness (QED) is 0.403. The van der Waals surface area contributed by atoms with E-state index in [0.29, 0.717) is 12.0 Å². The summed E-state index contributed by atoms with van der Waals surface area (Å²) in [7, 11) is 0. The van der Waals surface area contributed by atoms with Gasteiger partial charge in [-0.25, -0.2) is 0 Å². The van der Waals surface area contributed by atoms with E-state index in [0.717, 1.165) is 84.6 Å². The predicted molar refractivity (Wildman–Crippen MR) is 137 cm³/mol. The second kappa shape index (κ2) is 13.6. The van der Waals surface area contributed by atoms with Crippen molar-refractivity contribution in [2.45, 2.75) is 113 Å². The first-order chi connectivity index (χ1) is 16.6. The van der Waals surface area contributed by atoms with E-state index in [1.165, 1.54) is 45.1 Å². The topological polar surface area (TPSA) is 87.3 Å². The molecule has 0 unspecified atom stereocenters. The van der Waals surface area contributed by atoms with Crippen molar-refractivity contribution in [3.8, 4) is 0 Å². The molecule has 0 aromatic carbocycles. The van der Waals surface area contributed by atoms with Crippen LogP contribution in [0.2, 0.25) is 0 Å². The minimum Gasteiger partial charge on any atom is -1.00 e. The van der Waals surface area contributed by atoms with Gasteiger partial charge in [0, 0.05) is 56.4 Å². The van der Waals surface area contributed by atoms with Crippen molar-refractivity contribution in [3.63, 3.8) is 0 Å². The van der Waals surface area contributed by atoms with Crippen LogP contribution in [0.3, 0.4) is 0 Å². The molecule has 1 amide bonds. The first kappa shape index (κ1) is 30.9. The SMILES string of the molecule is C1CCOC1.C1CNC2(C1)CCC1(CC2)OCCO1.O=C1CCC2(CCC3(CC2)OCCO3)N1.[AlH3].[H-].[Li+]. The molecule has 7 fully saturated rings. The maximum absolute atomic E-state index is 11.3. The molecule has 36 heavy (non-hydrogen) atoms. The zero-order valence-corrected chi connectivity index (χ0v) is 21.8. The number of ether oxygens (including phenoxy) is 5. The van der Waals surface area contributed by atoms with Gasteiger partial charge in [0.1, 0.15) is 0 Å². The summed E-state index contributed by atoms with van der Waals surface area (Å²) in [6.45, 7) is 6.23. The Kier molecular flexibility index (Phi) is 11.7. The molecule has 5 heterocycles. The molecule has 5 aliphatic heterocycles. The molecule has 2 aliphatic carbocycles. The molecule has 202 valence electrons. The maximum Gasteiger partial charge on any atom is 1.00 e. The first-order valence-corrected chi connectivity index (χ1v) is 13.7. The number of nitrogens with one attached hydrogen (secondary N) is 2. The van der Waals surface area contributed by atoms with E-state index in [-0.39, 0.29) is 60.7 Å². The van der Waals surface area contributed by atoms with Gasteiger partial charge in [0.05, 0.1) is 26.4 Å². The molecule has 10 heteroatoms. The van der Waals surface area contributed by atoms with Gasteiger partial charge in [0.15, 0.2) is 28.9 Å². The van der Waals surface area contributed by atoms with Crippen molar-refractivity contribution in [2.24, 2.45) is 0 Å². The molecule has 7 rings (SSSR count). The van der Waals surface area contributed by atoms with Crippen molar-refractivity contribution < 1.29 is 48.8 Å². The molecule has 0 radical (unpaired) electrons. The first-order valence-electron chi connectivity index (χ1n) is 13.7. The van der Waals surface area contributed by atoms with Crippen LogP contribution in [0.25, 0.3) is 0 Å². The minimum absolute atomic E-state index is 0. The van der Waals surface area contributed by atoms with Crippen LogP contribution in [0, 0.1) is 0 Å². The van der Waals surface area contributed by atoms with E-state index in [4.69, 9.17) is 23.7 Å². The molecule has 0 aromatic rings. The smallest absolute Gasteiger partial charge is 1.00 e. The van der Waals surface area contributed by atoms with E-state index in [1.54, 1.807) is 0 Å². The zero-order chi connectivity index (χ0) is 23.4. The van der Waals surface area contributed by atoms with Crippen LogP contribution in [0.5, 0.6) is 0 Å². The Labute approximate surface area is 240 Å². The molecular formula is C26H48AlLiN2O6. The number of carbonyl (C=O) groups is 1. The summed E-state index contributed by atoms with van der Waals surface area (Å²) in [4.78, 5) is 11.3. The van der Waals surface area contributed by atoms with Gasteiger partial charge in [0.25, 0.3) is 0 Å². The average Bonchev–Trinajstić information content (AvgIpc) is 3.68. The average molecular weight is 519 g/mol. The van der Waals surface area contributed by atoms with Crippen LogP contribution in [-0.2, 0) is 28.5 Å². The number of hydrogen-bond donors (Lipinski definition) is 2. The van der Waals surface area contributed by atoms with Crippen LogP contribution < -0.4 is 29.5 Å². The van der Waals surface area contributed by atoms with Gasteiger partial charge >= 0.3 is 18.9 Å². The Morgan fingerprint density at radius 1 is 0.611 bits per heavy atom. The van der Waals surface area contributed by atoms with Crippen LogP contribution in [0.1, 0.15) is 91.3 Å². The summed E-state index contributed by atoms with van der Waals surface area (Å²) < 4.78 is 27.8. The maximum atomic E-state index is 11.3. The van der Waals surface area contributed by atoms with E-state index < -0.39 is 0 Å². The number of amides is 1. The van der Waals surface area contributed by atoms with E-state index in [2.05, 4.69) is 10.6 Å². The van der Waals surface area contributed by atoms with Gasteiger partial charge in [-0.05, 0) is 64.3 Å². The van der Waals surface area contributed by atoms with Crippen LogP contribution >= 0.6 is 0 Å². The molecule has 5 saturated heterocycles. The summed E-state index contributed by atoms with van der Waals surface area (Å²) in [6, 6.07) is 0. The fraction of sp³-hybridized carbons (Fsp3) is 0.962. The van der Waals surface area contributed by atoms with Gasteiger partial charge < -0.3 is 35.7 Å². The number of carbonyl (C=O) groups excluding carboxylic acids is 1. The Balaban J connectivity index is 0.000000206. The van der Waals surface area contributed by atoms with Gasteiger partial charge in [-0.15, -0.1) is 0 Å². The molecule has 0 bridgehead atoms. The molecule has 0 atom stereocenters. The molecule has 2 saturated carbocycles. The summed E-state index contributed by atoms with van der Waals surface area (Å²) >= 11 is 0. The van der Waals surface area contributed by atoms with Crippen molar-refractivity contribution >= 4 is 23.3 Å². The zero-order valence-electron chi connectivity index (χ0n) is 22.8.